The molecule has 106 valence electrons. The van der Waals surface area contributed by atoms with Crippen LogP contribution in [-0.2, 0) is 12.3 Å². The van der Waals surface area contributed by atoms with Crippen LogP contribution < -0.4 is 4.74 Å². The number of nitrogens with zero attached hydrogens (tertiary/aromatic N) is 5. The number of allylic oxidation sites excluding steroid dienone is 1. The minimum absolute atomic E-state index is 0.596. The minimum atomic E-state index is 0.596. The van der Waals surface area contributed by atoms with Gasteiger partial charge in [0, 0.05) is 23.1 Å². The van der Waals surface area contributed by atoms with Crippen LogP contribution in [0.5, 0.6) is 5.75 Å². The van der Waals surface area contributed by atoms with Gasteiger partial charge in [0.2, 0.25) is 5.16 Å². The molecular weight excluding hydrogens is 274 g/mol. The van der Waals surface area contributed by atoms with E-state index in [4.69, 9.17) is 4.74 Å². The van der Waals surface area contributed by atoms with Crippen molar-refractivity contribution in [1.82, 2.24) is 25.2 Å². The van der Waals surface area contributed by atoms with Crippen LogP contribution in [0.1, 0.15) is 16.8 Å². The van der Waals surface area contributed by atoms with Crippen LogP contribution in [0.15, 0.2) is 24.0 Å². The summed E-state index contributed by atoms with van der Waals surface area (Å²) in [5, 5.41) is 12.3. The van der Waals surface area contributed by atoms with Crippen molar-refractivity contribution in [2.24, 2.45) is 0 Å². The zero-order valence-corrected chi connectivity index (χ0v) is 12.6. The molecule has 0 atom stereocenters. The Morgan fingerprint density at radius 2 is 2.25 bits per heavy atom. The summed E-state index contributed by atoms with van der Waals surface area (Å²) in [4.78, 5) is 4.46. The van der Waals surface area contributed by atoms with Gasteiger partial charge in [-0.1, -0.05) is 17.8 Å². The first kappa shape index (κ1) is 14.5. The number of hydrogen-bond acceptors (Lipinski definition) is 6. The monoisotopic (exact) mass is 291 g/mol. The average molecular weight is 291 g/mol. The third-order valence-corrected chi connectivity index (χ3v) is 3.86. The van der Waals surface area contributed by atoms with E-state index in [2.05, 4.69) is 27.1 Å². The van der Waals surface area contributed by atoms with Crippen molar-refractivity contribution in [3.8, 4) is 5.75 Å². The Morgan fingerprint density at radius 1 is 1.45 bits per heavy atom. The Bertz CT molecular complexity index is 611. The van der Waals surface area contributed by atoms with Gasteiger partial charge in [0.1, 0.15) is 5.75 Å². The molecule has 0 aromatic carbocycles. The van der Waals surface area contributed by atoms with Crippen molar-refractivity contribution < 1.29 is 4.74 Å². The SMILES string of the molecule is C=CCn1nnnc1SCc1ncc(C)c(OC)c1C. The molecule has 0 aliphatic carbocycles. The van der Waals surface area contributed by atoms with E-state index in [-0.39, 0.29) is 0 Å². The second kappa shape index (κ2) is 6.51. The van der Waals surface area contributed by atoms with E-state index >= 15 is 0 Å². The summed E-state index contributed by atoms with van der Waals surface area (Å²) in [5.74, 6) is 1.58. The van der Waals surface area contributed by atoms with E-state index in [1.807, 2.05) is 20.0 Å². The predicted octanol–water partition coefficient (Wildman–Crippen LogP) is 2.17. The summed E-state index contributed by atoms with van der Waals surface area (Å²) in [5.41, 5.74) is 3.07. The predicted molar refractivity (Wildman–Crippen MR) is 77.8 cm³/mol. The molecule has 0 amide bonds. The summed E-state index contributed by atoms with van der Waals surface area (Å²) < 4.78 is 7.11. The van der Waals surface area contributed by atoms with Crippen molar-refractivity contribution in [1.29, 1.82) is 0 Å². The Balaban J connectivity index is 2.15. The minimum Gasteiger partial charge on any atom is -0.496 e. The molecule has 2 heterocycles. The van der Waals surface area contributed by atoms with Crippen LogP contribution >= 0.6 is 11.8 Å². The van der Waals surface area contributed by atoms with Gasteiger partial charge in [0.25, 0.3) is 0 Å². The molecule has 2 aromatic heterocycles. The second-order valence-corrected chi connectivity index (χ2v) is 5.21. The summed E-state index contributed by atoms with van der Waals surface area (Å²) >= 11 is 1.55. The van der Waals surface area contributed by atoms with Gasteiger partial charge in [-0.2, -0.15) is 0 Å². The average Bonchev–Trinajstić information content (AvgIpc) is 2.86. The summed E-state index contributed by atoms with van der Waals surface area (Å²) in [6.45, 7) is 8.28. The van der Waals surface area contributed by atoms with E-state index in [0.29, 0.717) is 12.3 Å². The molecule has 0 fully saturated rings. The number of methoxy groups -OCH3 is 1. The molecule has 0 radical (unpaired) electrons. The lowest BCUT2D eigenvalue weighted by Gasteiger charge is -2.11. The number of pyridine rings is 1. The van der Waals surface area contributed by atoms with Crippen molar-refractivity contribution in [3.05, 3.63) is 35.7 Å². The number of tetrazole rings is 1. The molecular formula is C13H17N5OS. The normalized spacial score (nSPS) is 10.6. The Labute approximate surface area is 122 Å². The van der Waals surface area contributed by atoms with Crippen molar-refractivity contribution >= 4 is 11.8 Å². The lowest BCUT2D eigenvalue weighted by Crippen LogP contribution is -2.02. The van der Waals surface area contributed by atoms with Gasteiger partial charge in [-0.05, 0) is 24.3 Å². The quantitative estimate of drug-likeness (QED) is 0.600. The number of hydrogen-bond donors (Lipinski definition) is 0. The number of aromatic nitrogens is 5. The van der Waals surface area contributed by atoms with Gasteiger partial charge >= 0.3 is 0 Å². The molecule has 0 aliphatic rings. The summed E-state index contributed by atoms with van der Waals surface area (Å²) in [6.07, 6.45) is 3.59. The molecule has 2 rings (SSSR count). The zero-order valence-electron chi connectivity index (χ0n) is 11.8. The molecule has 0 N–H and O–H groups in total. The number of rotatable bonds is 6. The molecule has 0 saturated carbocycles. The highest BCUT2D eigenvalue weighted by molar-refractivity contribution is 7.98. The smallest absolute Gasteiger partial charge is 0.209 e. The standard InChI is InChI=1S/C13H17N5OS/c1-5-6-18-13(15-16-17-18)20-8-11-10(3)12(19-4)9(2)7-14-11/h5,7H,1,6,8H2,2-4H3. The third-order valence-electron chi connectivity index (χ3n) is 2.89. The van der Waals surface area contributed by atoms with Gasteiger partial charge in [-0.25, -0.2) is 4.68 Å². The topological polar surface area (TPSA) is 65.7 Å². The van der Waals surface area contributed by atoms with Gasteiger partial charge in [0.05, 0.1) is 19.3 Å². The molecule has 0 bridgehead atoms. The molecule has 6 nitrogen and oxygen atoms in total. The summed E-state index contributed by atoms with van der Waals surface area (Å²) in [7, 11) is 1.68. The second-order valence-electron chi connectivity index (χ2n) is 4.27. The third kappa shape index (κ3) is 2.98. The fourth-order valence-corrected chi connectivity index (χ4v) is 2.80. The van der Waals surface area contributed by atoms with Crippen LogP contribution in [0.25, 0.3) is 0 Å². The highest BCUT2D eigenvalue weighted by atomic mass is 32.2. The first-order valence-corrected chi connectivity index (χ1v) is 7.14. The van der Waals surface area contributed by atoms with Crippen LogP contribution in [0.4, 0.5) is 0 Å². The molecule has 0 aliphatic heterocycles. The van der Waals surface area contributed by atoms with E-state index in [9.17, 15) is 0 Å². The van der Waals surface area contributed by atoms with Crippen molar-refractivity contribution in [3.63, 3.8) is 0 Å². The van der Waals surface area contributed by atoms with E-state index in [1.165, 1.54) is 0 Å². The van der Waals surface area contributed by atoms with Gasteiger partial charge < -0.3 is 4.74 Å². The fraction of sp³-hybridized carbons (Fsp3) is 0.385. The molecule has 0 spiro atoms. The lowest BCUT2D eigenvalue weighted by atomic mass is 10.1. The molecule has 7 heteroatoms. The van der Waals surface area contributed by atoms with Crippen LogP contribution in [0, 0.1) is 13.8 Å². The Morgan fingerprint density at radius 3 is 2.95 bits per heavy atom. The number of ether oxygens (including phenoxy) is 1. The highest BCUT2D eigenvalue weighted by Crippen LogP contribution is 2.28. The maximum atomic E-state index is 5.41. The first-order chi connectivity index (χ1) is 9.67. The van der Waals surface area contributed by atoms with Crippen LogP contribution in [0.3, 0.4) is 0 Å². The van der Waals surface area contributed by atoms with E-state index in [0.717, 1.165) is 27.7 Å². The van der Waals surface area contributed by atoms with Crippen LogP contribution in [0.2, 0.25) is 0 Å². The largest absolute Gasteiger partial charge is 0.496 e. The van der Waals surface area contributed by atoms with Gasteiger partial charge in [-0.15, -0.1) is 11.7 Å². The first-order valence-electron chi connectivity index (χ1n) is 6.16. The van der Waals surface area contributed by atoms with Crippen LogP contribution in [-0.4, -0.2) is 32.3 Å². The Kier molecular flexibility index (Phi) is 4.73. The van der Waals surface area contributed by atoms with Gasteiger partial charge in [-0.3, -0.25) is 4.98 Å². The highest BCUT2D eigenvalue weighted by Gasteiger charge is 2.12. The molecule has 2 aromatic rings. The van der Waals surface area contributed by atoms with Crippen molar-refractivity contribution in [2.75, 3.05) is 7.11 Å². The van der Waals surface area contributed by atoms with Crippen molar-refractivity contribution in [2.45, 2.75) is 31.3 Å². The zero-order chi connectivity index (χ0) is 14.5. The Hall–Kier alpha value is -1.89. The number of thioether (sulfide) groups is 1. The van der Waals surface area contributed by atoms with E-state index in [1.54, 1.807) is 29.6 Å². The molecule has 0 saturated heterocycles. The maximum absolute atomic E-state index is 5.41. The lowest BCUT2D eigenvalue weighted by molar-refractivity contribution is 0.407. The maximum Gasteiger partial charge on any atom is 0.209 e. The van der Waals surface area contributed by atoms with E-state index < -0.39 is 0 Å². The van der Waals surface area contributed by atoms with Gasteiger partial charge in [0.15, 0.2) is 0 Å². The molecule has 0 unspecified atom stereocenters. The number of aryl methyl sites for hydroxylation is 1. The molecule has 20 heavy (non-hydrogen) atoms. The summed E-state index contributed by atoms with van der Waals surface area (Å²) in [6, 6.07) is 0. The fourth-order valence-electron chi connectivity index (χ4n) is 1.89.